The number of guanidine groups is 1. The Bertz CT molecular complexity index is 505. The molecule has 0 saturated carbocycles. The first-order chi connectivity index (χ1) is 13.2. The summed E-state index contributed by atoms with van der Waals surface area (Å²) in [6.07, 6.45) is 7.28. The summed E-state index contributed by atoms with van der Waals surface area (Å²) in [4.78, 5) is 18.8. The molecular formula is C20H38IN5O2. The zero-order valence-corrected chi connectivity index (χ0v) is 19.8. The van der Waals surface area contributed by atoms with E-state index in [0.717, 1.165) is 84.0 Å². The average Bonchev–Trinajstić information content (AvgIpc) is 2.69. The molecule has 0 radical (unpaired) electrons. The molecule has 8 heteroatoms. The number of carbonyl (C=O) groups excluding carboxylic acids is 1. The SMILES string of the molecule is CCCNC(=O)CN1CCC(NC(=NCCC2=CCOCC2)NCC)CC1.I. The molecule has 0 aliphatic carbocycles. The van der Waals surface area contributed by atoms with Crippen molar-refractivity contribution >= 4 is 35.8 Å². The second kappa shape index (κ2) is 15.0. The molecule has 3 N–H and O–H groups in total. The molecule has 1 saturated heterocycles. The van der Waals surface area contributed by atoms with Crippen molar-refractivity contribution in [2.24, 2.45) is 4.99 Å². The lowest BCUT2D eigenvalue weighted by atomic mass is 10.1. The number of piperidine rings is 1. The van der Waals surface area contributed by atoms with Crippen LogP contribution in [0.3, 0.4) is 0 Å². The number of carbonyl (C=O) groups is 1. The van der Waals surface area contributed by atoms with E-state index >= 15 is 0 Å². The fourth-order valence-corrected chi connectivity index (χ4v) is 3.38. The maximum Gasteiger partial charge on any atom is 0.234 e. The standard InChI is InChI=1S/C20H37N5O2.HI/c1-3-10-22-19(26)16-25-12-6-18(7-13-25)24-20(21-4-2)23-11-5-17-8-14-27-15-9-17;/h8,18H,3-7,9-16H2,1-2H3,(H,22,26)(H2,21,23,24);1H. The van der Waals surface area contributed by atoms with Crippen LogP contribution in [0, 0.1) is 0 Å². The first-order valence-electron chi connectivity index (χ1n) is 10.5. The molecule has 0 bridgehead atoms. The van der Waals surface area contributed by atoms with Crippen molar-refractivity contribution in [1.82, 2.24) is 20.9 Å². The molecule has 1 fully saturated rings. The number of nitrogens with zero attached hydrogens (tertiary/aromatic N) is 2. The number of amides is 1. The minimum Gasteiger partial charge on any atom is -0.377 e. The number of hydrogen-bond acceptors (Lipinski definition) is 4. The van der Waals surface area contributed by atoms with Crippen molar-refractivity contribution < 1.29 is 9.53 Å². The molecular weight excluding hydrogens is 469 g/mol. The van der Waals surface area contributed by atoms with Crippen LogP contribution in [-0.4, -0.2) is 75.3 Å². The Labute approximate surface area is 187 Å². The maximum atomic E-state index is 11.9. The van der Waals surface area contributed by atoms with E-state index in [4.69, 9.17) is 9.73 Å². The zero-order chi connectivity index (χ0) is 19.3. The van der Waals surface area contributed by atoms with Gasteiger partial charge in [-0.3, -0.25) is 14.7 Å². The molecule has 2 rings (SSSR count). The van der Waals surface area contributed by atoms with Crippen LogP contribution in [-0.2, 0) is 9.53 Å². The molecule has 0 aromatic rings. The highest BCUT2D eigenvalue weighted by Gasteiger charge is 2.21. The van der Waals surface area contributed by atoms with Crippen LogP contribution in [0.25, 0.3) is 0 Å². The Hall–Kier alpha value is -0.870. The number of likely N-dealkylation sites (tertiary alicyclic amines) is 1. The average molecular weight is 507 g/mol. The van der Waals surface area contributed by atoms with Crippen molar-refractivity contribution in [3.05, 3.63) is 11.6 Å². The lowest BCUT2D eigenvalue weighted by molar-refractivity contribution is -0.122. The van der Waals surface area contributed by atoms with Gasteiger partial charge in [-0.15, -0.1) is 24.0 Å². The van der Waals surface area contributed by atoms with Crippen molar-refractivity contribution in [2.45, 2.75) is 52.0 Å². The summed E-state index contributed by atoms with van der Waals surface area (Å²) in [6.45, 7) is 10.6. The fraction of sp³-hybridized carbons (Fsp3) is 0.800. The molecule has 2 aliphatic rings. The van der Waals surface area contributed by atoms with Gasteiger partial charge in [0.2, 0.25) is 5.91 Å². The molecule has 0 spiro atoms. The van der Waals surface area contributed by atoms with Gasteiger partial charge in [0.15, 0.2) is 5.96 Å². The Balaban J connectivity index is 0.00000392. The lowest BCUT2D eigenvalue weighted by Crippen LogP contribution is -2.50. The molecule has 0 aromatic heterocycles. The van der Waals surface area contributed by atoms with Crippen LogP contribution in [0.15, 0.2) is 16.6 Å². The molecule has 0 aromatic carbocycles. The highest BCUT2D eigenvalue weighted by atomic mass is 127. The third-order valence-corrected chi connectivity index (χ3v) is 4.97. The highest BCUT2D eigenvalue weighted by molar-refractivity contribution is 14.0. The fourth-order valence-electron chi connectivity index (χ4n) is 3.38. The van der Waals surface area contributed by atoms with Gasteiger partial charge >= 0.3 is 0 Å². The Morgan fingerprint density at radius 3 is 2.71 bits per heavy atom. The number of ether oxygens (including phenoxy) is 1. The van der Waals surface area contributed by atoms with Gasteiger partial charge in [0.25, 0.3) is 0 Å². The van der Waals surface area contributed by atoms with Crippen LogP contribution in [0.5, 0.6) is 0 Å². The predicted molar refractivity (Wildman–Crippen MR) is 125 cm³/mol. The Kier molecular flexibility index (Phi) is 13.5. The number of hydrogen-bond donors (Lipinski definition) is 3. The summed E-state index contributed by atoms with van der Waals surface area (Å²) in [6, 6.07) is 0.417. The third-order valence-electron chi connectivity index (χ3n) is 4.97. The number of aliphatic imine (C=N–C) groups is 1. The van der Waals surface area contributed by atoms with Gasteiger partial charge in [0, 0.05) is 38.8 Å². The highest BCUT2D eigenvalue weighted by Crippen LogP contribution is 2.12. The minimum atomic E-state index is 0. The first-order valence-corrected chi connectivity index (χ1v) is 10.5. The van der Waals surface area contributed by atoms with Gasteiger partial charge in [-0.05, 0) is 39.0 Å². The summed E-state index contributed by atoms with van der Waals surface area (Å²) in [5.74, 6) is 1.05. The van der Waals surface area contributed by atoms with Gasteiger partial charge in [-0.1, -0.05) is 18.6 Å². The van der Waals surface area contributed by atoms with Crippen LogP contribution >= 0.6 is 24.0 Å². The summed E-state index contributed by atoms with van der Waals surface area (Å²) >= 11 is 0. The lowest BCUT2D eigenvalue weighted by Gasteiger charge is -2.32. The second-order valence-corrected chi connectivity index (χ2v) is 7.24. The van der Waals surface area contributed by atoms with E-state index in [1.807, 2.05) is 0 Å². The van der Waals surface area contributed by atoms with E-state index < -0.39 is 0 Å². The van der Waals surface area contributed by atoms with E-state index in [9.17, 15) is 4.79 Å². The third kappa shape index (κ3) is 10.1. The largest absolute Gasteiger partial charge is 0.377 e. The van der Waals surface area contributed by atoms with E-state index in [2.05, 4.69) is 40.8 Å². The van der Waals surface area contributed by atoms with Crippen molar-refractivity contribution in [1.29, 1.82) is 0 Å². The van der Waals surface area contributed by atoms with Crippen molar-refractivity contribution in [3.8, 4) is 0 Å². The van der Waals surface area contributed by atoms with Crippen LogP contribution in [0.1, 0.15) is 46.0 Å². The minimum absolute atomic E-state index is 0. The topological polar surface area (TPSA) is 78.0 Å². The molecule has 0 unspecified atom stereocenters. The van der Waals surface area contributed by atoms with E-state index in [-0.39, 0.29) is 29.9 Å². The van der Waals surface area contributed by atoms with Gasteiger partial charge in [0.05, 0.1) is 19.8 Å². The molecule has 0 atom stereocenters. The molecule has 7 nitrogen and oxygen atoms in total. The Morgan fingerprint density at radius 2 is 2.07 bits per heavy atom. The molecule has 28 heavy (non-hydrogen) atoms. The first kappa shape index (κ1) is 25.2. The maximum absolute atomic E-state index is 11.9. The molecule has 2 aliphatic heterocycles. The van der Waals surface area contributed by atoms with Gasteiger partial charge < -0.3 is 20.7 Å². The summed E-state index contributed by atoms with van der Waals surface area (Å²) in [5, 5.41) is 9.87. The van der Waals surface area contributed by atoms with Crippen molar-refractivity contribution in [3.63, 3.8) is 0 Å². The Morgan fingerprint density at radius 1 is 1.29 bits per heavy atom. The summed E-state index contributed by atoms with van der Waals surface area (Å²) in [5.41, 5.74) is 1.45. The second-order valence-electron chi connectivity index (χ2n) is 7.24. The van der Waals surface area contributed by atoms with Crippen LogP contribution < -0.4 is 16.0 Å². The van der Waals surface area contributed by atoms with E-state index in [0.29, 0.717) is 12.6 Å². The predicted octanol–water partition coefficient (Wildman–Crippen LogP) is 1.89. The van der Waals surface area contributed by atoms with Gasteiger partial charge in [-0.2, -0.15) is 0 Å². The molecule has 162 valence electrons. The van der Waals surface area contributed by atoms with Gasteiger partial charge in [0.1, 0.15) is 0 Å². The van der Waals surface area contributed by atoms with E-state index in [1.165, 1.54) is 5.57 Å². The summed E-state index contributed by atoms with van der Waals surface area (Å²) < 4.78 is 5.35. The number of halogens is 1. The molecule has 2 heterocycles. The monoisotopic (exact) mass is 507 g/mol. The van der Waals surface area contributed by atoms with E-state index in [1.54, 1.807) is 0 Å². The normalized spacial score (nSPS) is 18.8. The molecule has 1 amide bonds. The quantitative estimate of drug-likeness (QED) is 0.192. The smallest absolute Gasteiger partial charge is 0.234 e. The van der Waals surface area contributed by atoms with Crippen molar-refractivity contribution in [2.75, 3.05) is 52.5 Å². The number of nitrogens with one attached hydrogen (secondary N) is 3. The zero-order valence-electron chi connectivity index (χ0n) is 17.5. The van der Waals surface area contributed by atoms with Crippen LogP contribution in [0.2, 0.25) is 0 Å². The summed E-state index contributed by atoms with van der Waals surface area (Å²) in [7, 11) is 0. The van der Waals surface area contributed by atoms with Gasteiger partial charge in [-0.25, -0.2) is 0 Å². The number of rotatable bonds is 9. The van der Waals surface area contributed by atoms with Crippen LogP contribution in [0.4, 0.5) is 0 Å².